The summed E-state index contributed by atoms with van der Waals surface area (Å²) in [7, 11) is 0. The molecule has 0 saturated carbocycles. The van der Waals surface area contributed by atoms with E-state index in [1.807, 2.05) is 36.4 Å². The van der Waals surface area contributed by atoms with Crippen molar-refractivity contribution in [2.45, 2.75) is 148 Å². The van der Waals surface area contributed by atoms with Crippen LogP contribution in [-0.2, 0) is 25.7 Å². The molecular formula is C40H62N2O6. The number of aliphatic hydroxyl groups is 1. The number of anilines is 1. The van der Waals surface area contributed by atoms with E-state index in [9.17, 15) is 14.7 Å². The summed E-state index contributed by atoms with van der Waals surface area (Å²) in [6, 6.07) is 15.7. The largest absolute Gasteiger partial charge is 0.481 e. The first kappa shape index (κ1) is 39.7. The molecule has 1 saturated heterocycles. The normalized spacial score (nSPS) is 17.9. The maximum absolute atomic E-state index is 12.4. The minimum Gasteiger partial charge on any atom is -0.481 e. The minimum atomic E-state index is -0.840. The lowest BCUT2D eigenvalue weighted by Gasteiger charge is -2.38. The number of carbonyl (C=O) groups excluding carboxylic acids is 1. The zero-order chi connectivity index (χ0) is 34.4. The summed E-state index contributed by atoms with van der Waals surface area (Å²) in [4.78, 5) is 25.7. The molecule has 0 radical (unpaired) electrons. The lowest BCUT2D eigenvalue weighted by molar-refractivity contribution is -0.253. The van der Waals surface area contributed by atoms with Gasteiger partial charge in [-0.3, -0.25) is 9.59 Å². The number of carbonyl (C=O) groups is 2. The third-order valence-electron chi connectivity index (χ3n) is 9.24. The van der Waals surface area contributed by atoms with Gasteiger partial charge in [0.25, 0.3) is 0 Å². The number of rotatable bonds is 25. The van der Waals surface area contributed by atoms with Crippen LogP contribution in [0.5, 0.6) is 0 Å². The molecule has 0 bridgehead atoms. The molecule has 268 valence electrons. The molecule has 48 heavy (non-hydrogen) atoms. The first-order valence-corrected chi connectivity index (χ1v) is 18.8. The summed E-state index contributed by atoms with van der Waals surface area (Å²) in [6.07, 6.45) is 16.9. The summed E-state index contributed by atoms with van der Waals surface area (Å²) in [6.45, 7) is 7.58. The Bertz CT molecular complexity index is 1140. The number of carboxylic acid groups (broad SMARTS) is 1. The van der Waals surface area contributed by atoms with Crippen LogP contribution in [0.15, 0.2) is 48.5 Å². The monoisotopic (exact) mass is 666 g/mol. The van der Waals surface area contributed by atoms with Crippen molar-refractivity contribution in [1.82, 2.24) is 4.90 Å². The third kappa shape index (κ3) is 15.6. The maximum Gasteiger partial charge on any atom is 0.303 e. The Morgan fingerprint density at radius 3 is 1.88 bits per heavy atom. The molecule has 2 aromatic rings. The SMILES string of the molecule is CCCCCCCCN(CCCCCCCC)C[C@H]1C[C@@H](c2ccc(CO)cc2)O[C@@H](c2ccc(NC(=O)CCCCC(=O)O)cc2)O1. The molecule has 0 spiro atoms. The van der Waals surface area contributed by atoms with Crippen molar-refractivity contribution in [1.29, 1.82) is 0 Å². The lowest BCUT2D eigenvalue weighted by atomic mass is 9.99. The number of benzene rings is 2. The number of unbranched alkanes of at least 4 members (excludes halogenated alkanes) is 11. The van der Waals surface area contributed by atoms with Gasteiger partial charge in [0, 0.05) is 37.1 Å². The fraction of sp³-hybridized carbons (Fsp3) is 0.650. The van der Waals surface area contributed by atoms with Gasteiger partial charge in [-0.15, -0.1) is 0 Å². The van der Waals surface area contributed by atoms with Gasteiger partial charge in [-0.25, -0.2) is 0 Å². The van der Waals surface area contributed by atoms with Gasteiger partial charge in [0.15, 0.2) is 6.29 Å². The maximum atomic E-state index is 12.4. The summed E-state index contributed by atoms with van der Waals surface area (Å²) < 4.78 is 13.3. The zero-order valence-electron chi connectivity index (χ0n) is 29.7. The highest BCUT2D eigenvalue weighted by Gasteiger charge is 2.33. The molecule has 0 unspecified atom stereocenters. The van der Waals surface area contributed by atoms with Gasteiger partial charge < -0.3 is 29.9 Å². The van der Waals surface area contributed by atoms with Crippen molar-refractivity contribution in [2.24, 2.45) is 0 Å². The van der Waals surface area contributed by atoms with Crippen molar-refractivity contribution in [2.75, 3.05) is 25.0 Å². The van der Waals surface area contributed by atoms with Gasteiger partial charge in [0.2, 0.25) is 5.91 Å². The number of amides is 1. The van der Waals surface area contributed by atoms with Crippen molar-refractivity contribution < 1.29 is 29.3 Å². The number of aliphatic carboxylic acids is 1. The topological polar surface area (TPSA) is 108 Å². The molecule has 8 nitrogen and oxygen atoms in total. The molecule has 0 aromatic heterocycles. The molecular weight excluding hydrogens is 604 g/mol. The molecule has 1 fully saturated rings. The van der Waals surface area contributed by atoms with Crippen LogP contribution in [0.3, 0.4) is 0 Å². The van der Waals surface area contributed by atoms with Crippen LogP contribution in [0.4, 0.5) is 5.69 Å². The number of ether oxygens (including phenoxy) is 2. The quantitative estimate of drug-likeness (QED) is 0.0907. The van der Waals surface area contributed by atoms with Crippen LogP contribution in [0.1, 0.15) is 152 Å². The predicted molar refractivity (Wildman–Crippen MR) is 193 cm³/mol. The second-order valence-corrected chi connectivity index (χ2v) is 13.5. The zero-order valence-corrected chi connectivity index (χ0v) is 29.7. The molecule has 3 N–H and O–H groups in total. The standard InChI is InChI=1S/C40H62N2O6/c1-3-5-7-9-11-15-27-42(28-16-12-10-8-6-4-2)30-36-29-37(33-21-19-32(31-43)20-22-33)48-40(47-36)34-23-25-35(26-24-34)41-38(44)17-13-14-18-39(45)46/h19-26,36-37,40,43H,3-18,27-31H2,1-2H3,(H,41,44)(H,45,46)/t36-,37+,40+/m1/s1. The number of aliphatic hydroxyl groups excluding tert-OH is 1. The molecule has 1 aliphatic heterocycles. The number of hydrogen-bond acceptors (Lipinski definition) is 6. The van der Waals surface area contributed by atoms with Gasteiger partial charge in [0.05, 0.1) is 18.8 Å². The molecule has 2 aromatic carbocycles. The summed E-state index contributed by atoms with van der Waals surface area (Å²) in [5.74, 6) is -0.964. The van der Waals surface area contributed by atoms with E-state index in [1.54, 1.807) is 0 Å². The molecule has 1 aliphatic rings. The molecule has 8 heteroatoms. The first-order chi connectivity index (χ1) is 23.4. The number of carboxylic acids is 1. The fourth-order valence-electron chi connectivity index (χ4n) is 6.36. The van der Waals surface area contributed by atoms with E-state index in [2.05, 4.69) is 36.2 Å². The van der Waals surface area contributed by atoms with Gasteiger partial charge in [-0.05, 0) is 62.0 Å². The molecule has 3 atom stereocenters. The molecule has 1 heterocycles. The van der Waals surface area contributed by atoms with Gasteiger partial charge in [0.1, 0.15) is 0 Å². The van der Waals surface area contributed by atoms with Crippen LogP contribution >= 0.6 is 0 Å². The highest BCUT2D eigenvalue weighted by atomic mass is 16.7. The predicted octanol–water partition coefficient (Wildman–Crippen LogP) is 9.33. The first-order valence-electron chi connectivity index (χ1n) is 18.8. The molecule has 0 aliphatic carbocycles. The Morgan fingerprint density at radius 2 is 1.29 bits per heavy atom. The van der Waals surface area contributed by atoms with Crippen molar-refractivity contribution in [3.05, 3.63) is 65.2 Å². The fourth-order valence-corrected chi connectivity index (χ4v) is 6.36. The van der Waals surface area contributed by atoms with Crippen LogP contribution in [0.2, 0.25) is 0 Å². The van der Waals surface area contributed by atoms with Gasteiger partial charge in [-0.1, -0.05) is 114 Å². The van der Waals surface area contributed by atoms with E-state index in [-0.39, 0.29) is 37.6 Å². The van der Waals surface area contributed by atoms with Crippen LogP contribution in [0, 0.1) is 0 Å². The van der Waals surface area contributed by atoms with Crippen LogP contribution in [0.25, 0.3) is 0 Å². The van der Waals surface area contributed by atoms with E-state index in [0.29, 0.717) is 18.5 Å². The summed E-state index contributed by atoms with van der Waals surface area (Å²) >= 11 is 0. The smallest absolute Gasteiger partial charge is 0.303 e. The van der Waals surface area contributed by atoms with E-state index in [4.69, 9.17) is 14.6 Å². The Balaban J connectivity index is 1.68. The molecule has 1 amide bonds. The average molecular weight is 667 g/mol. The van der Waals surface area contributed by atoms with Crippen LogP contribution < -0.4 is 5.32 Å². The Morgan fingerprint density at radius 1 is 0.729 bits per heavy atom. The minimum absolute atomic E-state index is 0.00312. The lowest BCUT2D eigenvalue weighted by Crippen LogP contribution is -2.40. The third-order valence-corrected chi connectivity index (χ3v) is 9.24. The Kier molecular flexibility index (Phi) is 19.5. The Labute approximate surface area is 289 Å². The van der Waals surface area contributed by atoms with Crippen molar-refractivity contribution in [3.8, 4) is 0 Å². The van der Waals surface area contributed by atoms with E-state index in [1.165, 1.54) is 77.0 Å². The average Bonchev–Trinajstić information content (AvgIpc) is 3.09. The number of nitrogens with zero attached hydrogens (tertiary/aromatic N) is 1. The summed E-state index contributed by atoms with van der Waals surface area (Å²) in [5.41, 5.74) is 3.54. The van der Waals surface area contributed by atoms with Crippen molar-refractivity contribution in [3.63, 3.8) is 0 Å². The van der Waals surface area contributed by atoms with E-state index in [0.717, 1.165) is 42.7 Å². The van der Waals surface area contributed by atoms with Crippen LogP contribution in [-0.4, -0.2) is 52.7 Å². The second-order valence-electron chi connectivity index (χ2n) is 13.5. The van der Waals surface area contributed by atoms with E-state index >= 15 is 0 Å². The Hall–Kier alpha value is -2.78. The van der Waals surface area contributed by atoms with Gasteiger partial charge >= 0.3 is 5.97 Å². The summed E-state index contributed by atoms with van der Waals surface area (Å²) in [5, 5.41) is 21.3. The number of nitrogens with one attached hydrogen (secondary N) is 1. The second kappa shape index (κ2) is 23.6. The van der Waals surface area contributed by atoms with E-state index < -0.39 is 12.3 Å². The highest BCUT2D eigenvalue weighted by molar-refractivity contribution is 5.90. The van der Waals surface area contributed by atoms with Crippen molar-refractivity contribution >= 4 is 17.6 Å². The van der Waals surface area contributed by atoms with Gasteiger partial charge in [-0.2, -0.15) is 0 Å². The highest BCUT2D eigenvalue weighted by Crippen LogP contribution is 2.38. The molecule has 3 rings (SSSR count). The number of hydrogen-bond donors (Lipinski definition) is 3.